The fourth-order valence-corrected chi connectivity index (χ4v) is 2.62. The van der Waals surface area contributed by atoms with E-state index >= 15 is 0 Å². The highest BCUT2D eigenvalue weighted by Gasteiger charge is 2.25. The standard InChI is InChI=1S/C17H19N3O/c1-12(2)18-16-9-5-7-14(19-16)17(21)20-11-10-13-6-3-4-8-15(13)20/h3-9,12H,10-11H2,1-2H3,(H,18,19). The Bertz CT molecular complexity index is 667. The predicted molar refractivity (Wildman–Crippen MR) is 84.8 cm³/mol. The first-order valence-electron chi connectivity index (χ1n) is 7.28. The molecule has 0 radical (unpaired) electrons. The molecule has 2 aromatic rings. The lowest BCUT2D eigenvalue weighted by atomic mass is 10.2. The fourth-order valence-electron chi connectivity index (χ4n) is 2.62. The Morgan fingerprint density at radius 2 is 2.00 bits per heavy atom. The molecule has 1 amide bonds. The second kappa shape index (κ2) is 5.56. The Balaban J connectivity index is 1.86. The first kappa shape index (κ1) is 13.6. The number of rotatable bonds is 3. The molecule has 0 aliphatic carbocycles. The third-order valence-electron chi connectivity index (χ3n) is 3.54. The van der Waals surface area contributed by atoms with Crippen LogP contribution in [0.3, 0.4) is 0 Å². The molecule has 0 atom stereocenters. The number of hydrogen-bond donors (Lipinski definition) is 1. The van der Waals surface area contributed by atoms with Crippen LogP contribution in [0.2, 0.25) is 0 Å². The van der Waals surface area contributed by atoms with Crippen LogP contribution in [-0.4, -0.2) is 23.5 Å². The average Bonchev–Trinajstić information content (AvgIpc) is 2.90. The van der Waals surface area contributed by atoms with E-state index in [-0.39, 0.29) is 11.9 Å². The van der Waals surface area contributed by atoms with Crippen molar-refractivity contribution in [3.8, 4) is 0 Å². The normalized spacial score (nSPS) is 13.4. The smallest absolute Gasteiger partial charge is 0.276 e. The van der Waals surface area contributed by atoms with Crippen molar-refractivity contribution in [2.45, 2.75) is 26.3 Å². The summed E-state index contributed by atoms with van der Waals surface area (Å²) in [6.45, 7) is 4.82. The Labute approximate surface area is 124 Å². The summed E-state index contributed by atoms with van der Waals surface area (Å²) in [4.78, 5) is 18.9. The zero-order valence-corrected chi connectivity index (χ0v) is 12.3. The number of benzene rings is 1. The Morgan fingerprint density at radius 3 is 2.81 bits per heavy atom. The summed E-state index contributed by atoms with van der Waals surface area (Å²) in [5, 5.41) is 3.23. The molecule has 1 aromatic heterocycles. The van der Waals surface area contributed by atoms with Crippen molar-refractivity contribution in [2.24, 2.45) is 0 Å². The summed E-state index contributed by atoms with van der Waals surface area (Å²) in [5.74, 6) is 0.704. The SMILES string of the molecule is CC(C)Nc1cccc(C(=O)N2CCc3ccccc32)n1. The van der Waals surface area contributed by atoms with Gasteiger partial charge in [0.1, 0.15) is 11.5 Å². The second-order valence-electron chi connectivity index (χ2n) is 5.54. The van der Waals surface area contributed by atoms with Gasteiger partial charge in [-0.25, -0.2) is 4.98 Å². The molecule has 108 valence electrons. The minimum Gasteiger partial charge on any atom is -0.368 e. The molecule has 1 aliphatic heterocycles. The first-order valence-corrected chi connectivity index (χ1v) is 7.28. The number of fused-ring (bicyclic) bond motifs is 1. The topological polar surface area (TPSA) is 45.2 Å². The van der Waals surface area contributed by atoms with Gasteiger partial charge in [0.25, 0.3) is 5.91 Å². The Morgan fingerprint density at radius 1 is 1.19 bits per heavy atom. The lowest BCUT2D eigenvalue weighted by Crippen LogP contribution is -2.29. The third-order valence-corrected chi connectivity index (χ3v) is 3.54. The van der Waals surface area contributed by atoms with E-state index in [1.165, 1.54) is 5.56 Å². The summed E-state index contributed by atoms with van der Waals surface area (Å²) in [6.07, 6.45) is 0.909. The molecular weight excluding hydrogens is 262 g/mol. The van der Waals surface area contributed by atoms with Crippen LogP contribution in [-0.2, 0) is 6.42 Å². The number of pyridine rings is 1. The number of hydrogen-bond acceptors (Lipinski definition) is 3. The monoisotopic (exact) mass is 281 g/mol. The largest absolute Gasteiger partial charge is 0.368 e. The molecular formula is C17H19N3O. The van der Waals surface area contributed by atoms with E-state index in [9.17, 15) is 4.79 Å². The van der Waals surface area contributed by atoms with Gasteiger partial charge in [-0.15, -0.1) is 0 Å². The maximum Gasteiger partial charge on any atom is 0.276 e. The van der Waals surface area contributed by atoms with Crippen LogP contribution in [0.15, 0.2) is 42.5 Å². The highest BCUT2D eigenvalue weighted by Crippen LogP contribution is 2.28. The van der Waals surface area contributed by atoms with Gasteiger partial charge < -0.3 is 10.2 Å². The van der Waals surface area contributed by atoms with E-state index in [4.69, 9.17) is 0 Å². The minimum absolute atomic E-state index is 0.0349. The summed E-state index contributed by atoms with van der Waals surface area (Å²) in [7, 11) is 0. The maximum absolute atomic E-state index is 12.7. The summed E-state index contributed by atoms with van der Waals surface area (Å²) < 4.78 is 0. The minimum atomic E-state index is -0.0349. The molecule has 0 saturated heterocycles. The molecule has 1 aromatic carbocycles. The number of aromatic nitrogens is 1. The van der Waals surface area contributed by atoms with Gasteiger partial charge in [0.2, 0.25) is 0 Å². The molecule has 0 spiro atoms. The molecule has 3 rings (SSSR count). The molecule has 0 saturated carbocycles. The van der Waals surface area contributed by atoms with Gasteiger partial charge in [-0.1, -0.05) is 24.3 Å². The number of anilines is 2. The van der Waals surface area contributed by atoms with Crippen LogP contribution in [0.25, 0.3) is 0 Å². The lowest BCUT2D eigenvalue weighted by Gasteiger charge is -2.17. The van der Waals surface area contributed by atoms with Gasteiger partial charge in [-0.05, 0) is 44.0 Å². The van der Waals surface area contributed by atoms with Crippen molar-refractivity contribution >= 4 is 17.4 Å². The van der Waals surface area contributed by atoms with Gasteiger partial charge in [-0.3, -0.25) is 4.79 Å². The zero-order chi connectivity index (χ0) is 14.8. The van der Waals surface area contributed by atoms with Crippen LogP contribution >= 0.6 is 0 Å². The number of amides is 1. The highest BCUT2D eigenvalue weighted by atomic mass is 16.2. The van der Waals surface area contributed by atoms with Crippen LogP contribution in [0.1, 0.15) is 29.9 Å². The number of carbonyl (C=O) groups is 1. The van der Waals surface area contributed by atoms with Crippen LogP contribution < -0.4 is 10.2 Å². The van der Waals surface area contributed by atoms with Gasteiger partial charge >= 0.3 is 0 Å². The van der Waals surface area contributed by atoms with Crippen LogP contribution in [0.5, 0.6) is 0 Å². The molecule has 0 fully saturated rings. The number of nitrogens with zero attached hydrogens (tertiary/aromatic N) is 2. The van der Waals surface area contributed by atoms with E-state index in [1.54, 1.807) is 6.07 Å². The fraction of sp³-hybridized carbons (Fsp3) is 0.294. The summed E-state index contributed by atoms with van der Waals surface area (Å²) in [6, 6.07) is 13.9. The van der Waals surface area contributed by atoms with Crippen molar-refractivity contribution in [2.75, 3.05) is 16.8 Å². The highest BCUT2D eigenvalue weighted by molar-refractivity contribution is 6.06. The lowest BCUT2D eigenvalue weighted by molar-refractivity contribution is 0.0984. The molecule has 2 heterocycles. The molecule has 1 N–H and O–H groups in total. The second-order valence-corrected chi connectivity index (χ2v) is 5.54. The van der Waals surface area contributed by atoms with E-state index in [1.807, 2.05) is 49.1 Å². The van der Waals surface area contributed by atoms with Crippen LogP contribution in [0, 0.1) is 0 Å². The Hall–Kier alpha value is -2.36. The molecule has 1 aliphatic rings. The molecule has 0 bridgehead atoms. The molecule has 21 heavy (non-hydrogen) atoms. The number of nitrogens with one attached hydrogen (secondary N) is 1. The average molecular weight is 281 g/mol. The van der Waals surface area contributed by atoms with Crippen molar-refractivity contribution in [1.29, 1.82) is 0 Å². The third kappa shape index (κ3) is 2.75. The first-order chi connectivity index (χ1) is 10.1. The maximum atomic E-state index is 12.7. The number of para-hydroxylation sites is 1. The molecule has 4 nitrogen and oxygen atoms in total. The quantitative estimate of drug-likeness (QED) is 0.940. The van der Waals surface area contributed by atoms with E-state index in [0.717, 1.165) is 24.5 Å². The summed E-state index contributed by atoms with van der Waals surface area (Å²) >= 11 is 0. The molecule has 4 heteroatoms. The van der Waals surface area contributed by atoms with Crippen molar-refractivity contribution in [3.05, 3.63) is 53.7 Å². The van der Waals surface area contributed by atoms with Crippen LogP contribution in [0.4, 0.5) is 11.5 Å². The summed E-state index contributed by atoms with van der Waals surface area (Å²) in [5.41, 5.74) is 2.71. The van der Waals surface area contributed by atoms with Crippen molar-refractivity contribution in [3.63, 3.8) is 0 Å². The zero-order valence-electron chi connectivity index (χ0n) is 12.3. The van der Waals surface area contributed by atoms with E-state index in [0.29, 0.717) is 5.69 Å². The Kier molecular flexibility index (Phi) is 3.60. The van der Waals surface area contributed by atoms with Gasteiger partial charge in [0, 0.05) is 18.3 Å². The predicted octanol–water partition coefficient (Wildman–Crippen LogP) is 3.10. The van der Waals surface area contributed by atoms with Gasteiger partial charge in [0.15, 0.2) is 0 Å². The number of carbonyl (C=O) groups excluding carboxylic acids is 1. The van der Waals surface area contributed by atoms with Crippen molar-refractivity contribution < 1.29 is 4.79 Å². The van der Waals surface area contributed by atoms with E-state index < -0.39 is 0 Å². The van der Waals surface area contributed by atoms with E-state index in [2.05, 4.69) is 16.4 Å². The molecule has 0 unspecified atom stereocenters. The van der Waals surface area contributed by atoms with Gasteiger partial charge in [-0.2, -0.15) is 0 Å². The van der Waals surface area contributed by atoms with Gasteiger partial charge in [0.05, 0.1) is 0 Å². The van der Waals surface area contributed by atoms with Crippen molar-refractivity contribution in [1.82, 2.24) is 4.98 Å².